The van der Waals surface area contributed by atoms with Crippen molar-refractivity contribution in [1.29, 1.82) is 0 Å². The van der Waals surface area contributed by atoms with Gasteiger partial charge in [0.25, 0.3) is 0 Å². The normalized spacial score (nSPS) is 20.0. The Hall–Kier alpha value is -2.58. The highest BCUT2D eigenvalue weighted by Gasteiger charge is 2.36. The maximum Gasteiger partial charge on any atom is 0.185 e. The average molecular weight is 357 g/mol. The SMILES string of the molecule is COC1(CN(C)c2ccc3nnc(-c4cccc(F)c4)n3n2)CCOC1. The minimum Gasteiger partial charge on any atom is -0.378 e. The number of aromatic nitrogens is 4. The number of anilines is 1. The van der Waals surface area contributed by atoms with Crippen molar-refractivity contribution in [2.24, 2.45) is 0 Å². The molecule has 1 unspecified atom stereocenters. The molecule has 2 aromatic heterocycles. The molecule has 0 aliphatic carbocycles. The summed E-state index contributed by atoms with van der Waals surface area (Å²) in [5.74, 6) is 0.925. The molecule has 0 radical (unpaired) electrons. The van der Waals surface area contributed by atoms with Gasteiger partial charge in [0.15, 0.2) is 11.5 Å². The molecule has 0 spiro atoms. The summed E-state index contributed by atoms with van der Waals surface area (Å²) < 4.78 is 26.4. The minimum atomic E-state index is -0.329. The summed E-state index contributed by atoms with van der Waals surface area (Å²) in [7, 11) is 3.67. The first-order chi connectivity index (χ1) is 12.6. The standard InChI is InChI=1S/C18H20FN5O2/c1-23(11-18(25-2)8-9-26-12-18)16-7-6-15-20-21-17(24(15)22-16)13-4-3-5-14(19)10-13/h3-7,10H,8-9,11-12H2,1-2H3. The number of halogens is 1. The smallest absolute Gasteiger partial charge is 0.185 e. The van der Waals surface area contributed by atoms with E-state index in [-0.39, 0.29) is 11.4 Å². The second-order valence-electron chi connectivity index (χ2n) is 6.54. The molecule has 1 saturated heterocycles. The van der Waals surface area contributed by atoms with Gasteiger partial charge in [-0.1, -0.05) is 12.1 Å². The monoisotopic (exact) mass is 357 g/mol. The highest BCUT2D eigenvalue weighted by atomic mass is 19.1. The molecule has 1 aliphatic heterocycles. The first-order valence-corrected chi connectivity index (χ1v) is 8.43. The van der Waals surface area contributed by atoms with Crippen LogP contribution in [0.5, 0.6) is 0 Å². The van der Waals surface area contributed by atoms with E-state index < -0.39 is 0 Å². The Morgan fingerprint density at radius 1 is 1.31 bits per heavy atom. The number of hydrogen-bond donors (Lipinski definition) is 0. The van der Waals surface area contributed by atoms with Crippen LogP contribution >= 0.6 is 0 Å². The van der Waals surface area contributed by atoms with Gasteiger partial charge in [0.05, 0.1) is 13.2 Å². The van der Waals surface area contributed by atoms with E-state index in [4.69, 9.17) is 9.47 Å². The van der Waals surface area contributed by atoms with Crippen LogP contribution < -0.4 is 4.90 Å². The molecule has 8 heteroatoms. The van der Waals surface area contributed by atoms with Crippen LogP contribution in [0.15, 0.2) is 36.4 Å². The lowest BCUT2D eigenvalue weighted by Gasteiger charge is -2.31. The van der Waals surface area contributed by atoms with Gasteiger partial charge >= 0.3 is 0 Å². The summed E-state index contributed by atoms with van der Waals surface area (Å²) in [5.41, 5.74) is 0.902. The number of likely N-dealkylation sites (N-methyl/N-ethyl adjacent to an activating group) is 1. The van der Waals surface area contributed by atoms with E-state index in [9.17, 15) is 4.39 Å². The molecule has 1 aromatic carbocycles. The molecule has 3 heterocycles. The van der Waals surface area contributed by atoms with Gasteiger partial charge in [-0.3, -0.25) is 0 Å². The molecule has 4 rings (SSSR count). The molecule has 3 aromatic rings. The largest absolute Gasteiger partial charge is 0.378 e. The highest BCUT2D eigenvalue weighted by molar-refractivity contribution is 5.59. The molecule has 26 heavy (non-hydrogen) atoms. The zero-order chi connectivity index (χ0) is 18.1. The third kappa shape index (κ3) is 3.02. The van der Waals surface area contributed by atoms with Gasteiger partial charge in [0.1, 0.15) is 17.2 Å². The summed E-state index contributed by atoms with van der Waals surface area (Å²) in [6, 6.07) is 9.98. The molecular formula is C18H20FN5O2. The Balaban J connectivity index is 1.67. The van der Waals surface area contributed by atoms with E-state index in [0.717, 1.165) is 12.2 Å². The fourth-order valence-electron chi connectivity index (χ4n) is 3.24. The van der Waals surface area contributed by atoms with Gasteiger partial charge in [0, 0.05) is 32.7 Å². The molecule has 0 saturated carbocycles. The maximum absolute atomic E-state index is 13.6. The number of nitrogens with zero attached hydrogens (tertiary/aromatic N) is 5. The second-order valence-corrected chi connectivity index (χ2v) is 6.54. The van der Waals surface area contributed by atoms with E-state index in [0.29, 0.717) is 36.8 Å². The lowest BCUT2D eigenvalue weighted by atomic mass is 10.0. The maximum atomic E-state index is 13.6. The number of fused-ring (bicyclic) bond motifs is 1. The van der Waals surface area contributed by atoms with E-state index in [1.165, 1.54) is 12.1 Å². The van der Waals surface area contributed by atoms with Crippen LogP contribution in [0.2, 0.25) is 0 Å². The van der Waals surface area contributed by atoms with Crippen molar-refractivity contribution in [2.45, 2.75) is 12.0 Å². The molecular weight excluding hydrogens is 337 g/mol. The van der Waals surface area contributed by atoms with Crippen molar-refractivity contribution in [3.8, 4) is 11.4 Å². The van der Waals surface area contributed by atoms with Gasteiger partial charge in [-0.05, 0) is 24.3 Å². The van der Waals surface area contributed by atoms with Crippen LogP contribution in [-0.4, -0.2) is 59.3 Å². The van der Waals surface area contributed by atoms with E-state index in [2.05, 4.69) is 15.3 Å². The van der Waals surface area contributed by atoms with Crippen molar-refractivity contribution in [2.75, 3.05) is 38.8 Å². The lowest BCUT2D eigenvalue weighted by Crippen LogP contribution is -2.44. The quantitative estimate of drug-likeness (QED) is 0.697. The molecule has 136 valence electrons. The predicted molar refractivity (Wildman–Crippen MR) is 94.6 cm³/mol. The van der Waals surface area contributed by atoms with Crippen molar-refractivity contribution in [3.05, 3.63) is 42.2 Å². The van der Waals surface area contributed by atoms with E-state index >= 15 is 0 Å². The highest BCUT2D eigenvalue weighted by Crippen LogP contribution is 2.26. The fourth-order valence-corrected chi connectivity index (χ4v) is 3.24. The molecule has 0 amide bonds. The average Bonchev–Trinajstić information content (AvgIpc) is 3.28. The van der Waals surface area contributed by atoms with Crippen molar-refractivity contribution < 1.29 is 13.9 Å². The summed E-state index contributed by atoms with van der Waals surface area (Å²) in [6.45, 7) is 1.92. The number of rotatable bonds is 5. The van der Waals surface area contributed by atoms with Crippen LogP contribution in [0.1, 0.15) is 6.42 Å². The van der Waals surface area contributed by atoms with Crippen molar-refractivity contribution >= 4 is 11.5 Å². The Morgan fingerprint density at radius 2 is 2.19 bits per heavy atom. The fraction of sp³-hybridized carbons (Fsp3) is 0.389. The molecule has 1 fully saturated rings. The Morgan fingerprint density at radius 3 is 2.92 bits per heavy atom. The molecule has 0 N–H and O–H groups in total. The number of ether oxygens (including phenoxy) is 2. The van der Waals surface area contributed by atoms with E-state index in [1.54, 1.807) is 23.8 Å². The van der Waals surface area contributed by atoms with E-state index in [1.807, 2.05) is 24.1 Å². The molecule has 7 nitrogen and oxygen atoms in total. The first-order valence-electron chi connectivity index (χ1n) is 8.43. The van der Waals surface area contributed by atoms with Crippen LogP contribution in [-0.2, 0) is 9.47 Å². The van der Waals surface area contributed by atoms with Crippen LogP contribution in [0.3, 0.4) is 0 Å². The first kappa shape index (κ1) is 16.9. The molecule has 1 aliphatic rings. The van der Waals surface area contributed by atoms with Crippen LogP contribution in [0, 0.1) is 5.82 Å². The second kappa shape index (κ2) is 6.62. The van der Waals surface area contributed by atoms with Gasteiger partial charge < -0.3 is 14.4 Å². The lowest BCUT2D eigenvalue weighted by molar-refractivity contribution is -0.0102. The van der Waals surface area contributed by atoms with Gasteiger partial charge in [-0.25, -0.2) is 4.39 Å². The number of hydrogen-bond acceptors (Lipinski definition) is 6. The topological polar surface area (TPSA) is 64.8 Å². The summed E-state index contributed by atoms with van der Waals surface area (Å²) >= 11 is 0. The molecule has 1 atom stereocenters. The number of benzene rings is 1. The van der Waals surface area contributed by atoms with Crippen molar-refractivity contribution in [3.63, 3.8) is 0 Å². The third-order valence-corrected chi connectivity index (χ3v) is 4.75. The third-order valence-electron chi connectivity index (χ3n) is 4.75. The zero-order valence-corrected chi connectivity index (χ0v) is 14.7. The van der Waals surface area contributed by atoms with Gasteiger partial charge in [-0.2, -0.15) is 4.52 Å². The Labute approximate surface area is 150 Å². The van der Waals surface area contributed by atoms with Gasteiger partial charge in [0.2, 0.25) is 0 Å². The van der Waals surface area contributed by atoms with Crippen LogP contribution in [0.25, 0.3) is 17.0 Å². The molecule has 0 bridgehead atoms. The Bertz CT molecular complexity index is 923. The summed E-state index contributed by atoms with van der Waals surface area (Å²) in [6.07, 6.45) is 0.845. The van der Waals surface area contributed by atoms with Crippen LogP contribution in [0.4, 0.5) is 10.2 Å². The Kier molecular flexibility index (Phi) is 4.29. The summed E-state index contributed by atoms with van der Waals surface area (Å²) in [4.78, 5) is 2.02. The van der Waals surface area contributed by atoms with Gasteiger partial charge in [-0.15, -0.1) is 15.3 Å². The van der Waals surface area contributed by atoms with Crippen molar-refractivity contribution in [1.82, 2.24) is 19.8 Å². The zero-order valence-electron chi connectivity index (χ0n) is 14.7. The summed E-state index contributed by atoms with van der Waals surface area (Å²) in [5, 5.41) is 12.9. The predicted octanol–water partition coefficient (Wildman–Crippen LogP) is 2.17. The number of methoxy groups -OCH3 is 1. The minimum absolute atomic E-state index is 0.323.